The van der Waals surface area contributed by atoms with Crippen molar-refractivity contribution in [3.8, 4) is 11.5 Å². The minimum Gasteiger partial charge on any atom is -0.496 e. The van der Waals surface area contributed by atoms with Crippen molar-refractivity contribution < 1.29 is 28.6 Å². The molecule has 1 unspecified atom stereocenters. The molecule has 1 atom stereocenters. The molecule has 0 fully saturated rings. The monoisotopic (exact) mass is 479 g/mol. The van der Waals surface area contributed by atoms with E-state index in [0.717, 1.165) is 30.5 Å². The molecule has 0 N–H and O–H groups in total. The molecule has 7 nitrogen and oxygen atoms in total. The molecule has 0 radical (unpaired) electrons. The maximum Gasteiger partial charge on any atom is 0.310 e. The highest BCUT2D eigenvalue weighted by molar-refractivity contribution is 6.24. The van der Waals surface area contributed by atoms with Crippen LogP contribution in [0.25, 0.3) is 0 Å². The van der Waals surface area contributed by atoms with E-state index < -0.39 is 6.10 Å². The molecule has 0 aliphatic heterocycles. The molecule has 0 aromatic heterocycles. The van der Waals surface area contributed by atoms with E-state index in [1.165, 1.54) is 26.4 Å². The van der Waals surface area contributed by atoms with Crippen molar-refractivity contribution in [2.45, 2.75) is 45.1 Å². The average Bonchev–Trinajstić information content (AvgIpc) is 2.85. The van der Waals surface area contributed by atoms with Gasteiger partial charge in [0.2, 0.25) is 0 Å². The molecule has 2 aromatic rings. The van der Waals surface area contributed by atoms with Gasteiger partial charge in [-0.2, -0.15) is 0 Å². The minimum atomic E-state index is -0.655. The number of anilines is 1. The van der Waals surface area contributed by atoms with Gasteiger partial charge in [-0.15, -0.1) is 0 Å². The lowest BCUT2D eigenvalue weighted by atomic mass is 9.88. The highest BCUT2D eigenvalue weighted by Gasteiger charge is 2.33. The number of ether oxygens (including phenoxy) is 3. The third-order valence-corrected chi connectivity index (χ3v) is 6.07. The van der Waals surface area contributed by atoms with Crippen LogP contribution in [0.5, 0.6) is 11.5 Å². The number of carbonyl (C=O) groups excluding carboxylic acids is 3. The number of esters is 1. The highest BCUT2D eigenvalue weighted by atomic mass is 16.5. The first-order valence-corrected chi connectivity index (χ1v) is 11.8. The number of unbranched alkanes of at least 4 members (excludes halogenated alkanes) is 2. The van der Waals surface area contributed by atoms with Crippen LogP contribution in [0.15, 0.2) is 42.5 Å². The largest absolute Gasteiger partial charge is 0.496 e. The van der Waals surface area contributed by atoms with E-state index in [1.807, 2.05) is 43.3 Å². The zero-order valence-electron chi connectivity index (χ0n) is 21.1. The first kappa shape index (κ1) is 26.0. The van der Waals surface area contributed by atoms with Crippen LogP contribution < -0.4 is 14.4 Å². The lowest BCUT2D eigenvalue weighted by molar-refractivity contribution is -0.149. The summed E-state index contributed by atoms with van der Waals surface area (Å²) in [5, 5.41) is 0. The van der Waals surface area contributed by atoms with Crippen molar-refractivity contribution >= 4 is 23.2 Å². The predicted molar refractivity (Wildman–Crippen MR) is 135 cm³/mol. The third kappa shape index (κ3) is 5.91. The van der Waals surface area contributed by atoms with Crippen LogP contribution in [0, 0.1) is 0 Å². The molecular formula is C28H33NO6. The Morgan fingerprint density at radius 2 is 1.60 bits per heavy atom. The van der Waals surface area contributed by atoms with E-state index in [1.54, 1.807) is 6.07 Å². The molecule has 0 spiro atoms. The van der Waals surface area contributed by atoms with Gasteiger partial charge in [0.1, 0.15) is 17.6 Å². The van der Waals surface area contributed by atoms with E-state index in [9.17, 15) is 14.4 Å². The lowest BCUT2D eigenvalue weighted by Gasteiger charge is -2.25. The smallest absolute Gasteiger partial charge is 0.310 e. The molecular weight excluding hydrogens is 446 g/mol. The fourth-order valence-corrected chi connectivity index (χ4v) is 4.21. The topological polar surface area (TPSA) is 82.1 Å². The van der Waals surface area contributed by atoms with Gasteiger partial charge >= 0.3 is 5.97 Å². The van der Waals surface area contributed by atoms with Crippen LogP contribution >= 0.6 is 0 Å². The Kier molecular flexibility index (Phi) is 8.68. The van der Waals surface area contributed by atoms with Crippen LogP contribution in [0.3, 0.4) is 0 Å². The number of hydrogen-bond acceptors (Lipinski definition) is 7. The highest BCUT2D eigenvalue weighted by Crippen LogP contribution is 2.42. The molecule has 35 heavy (non-hydrogen) atoms. The number of benzene rings is 2. The number of hydrogen-bond donors (Lipinski definition) is 0. The van der Waals surface area contributed by atoms with Crippen LogP contribution in [0.2, 0.25) is 0 Å². The third-order valence-electron chi connectivity index (χ3n) is 6.07. The second-order valence-corrected chi connectivity index (χ2v) is 8.73. The maximum absolute atomic E-state index is 13.0. The van der Waals surface area contributed by atoms with Gasteiger partial charge in [-0.25, -0.2) is 0 Å². The minimum absolute atomic E-state index is 0.114. The Balaban J connectivity index is 1.96. The van der Waals surface area contributed by atoms with E-state index in [-0.39, 0.29) is 46.6 Å². The molecule has 1 aliphatic rings. The fourth-order valence-electron chi connectivity index (χ4n) is 4.21. The average molecular weight is 480 g/mol. The van der Waals surface area contributed by atoms with Crippen molar-refractivity contribution in [3.63, 3.8) is 0 Å². The molecule has 0 bridgehead atoms. The van der Waals surface area contributed by atoms with Gasteiger partial charge in [0.05, 0.1) is 31.8 Å². The normalized spacial score (nSPS) is 13.3. The fraction of sp³-hybridized carbons (Fsp3) is 0.393. The number of carbonyl (C=O) groups is 3. The Morgan fingerprint density at radius 1 is 0.943 bits per heavy atom. The summed E-state index contributed by atoms with van der Waals surface area (Å²) in [6, 6.07) is 9.37. The summed E-state index contributed by atoms with van der Waals surface area (Å²) < 4.78 is 17.1. The Labute approximate surface area is 206 Å². The number of allylic oxidation sites excluding steroid dienone is 2. The van der Waals surface area contributed by atoms with Gasteiger partial charge in [-0.1, -0.05) is 31.9 Å². The standard InChI is InChI=1S/C28H33NO6/c1-6-7-8-9-23(35-25(32)16-18-10-12-19(13-11-18)29(2)3)20-17-24(33-4)26-21(30)14-15-22(31)27(26)28(20)34-5/h10-15,17,23H,6-9,16H2,1-5H3. The van der Waals surface area contributed by atoms with Crippen LogP contribution in [0.4, 0.5) is 5.69 Å². The lowest BCUT2D eigenvalue weighted by Crippen LogP contribution is -2.19. The van der Waals surface area contributed by atoms with Crippen LogP contribution in [-0.4, -0.2) is 45.9 Å². The van der Waals surface area contributed by atoms with Crippen molar-refractivity contribution in [1.82, 2.24) is 0 Å². The van der Waals surface area contributed by atoms with Gasteiger partial charge in [0, 0.05) is 25.3 Å². The second-order valence-electron chi connectivity index (χ2n) is 8.73. The van der Waals surface area contributed by atoms with Crippen LogP contribution in [0.1, 0.15) is 70.6 Å². The first-order valence-electron chi connectivity index (χ1n) is 11.8. The van der Waals surface area contributed by atoms with Gasteiger partial charge in [-0.3, -0.25) is 14.4 Å². The van der Waals surface area contributed by atoms with Crippen molar-refractivity contribution in [2.75, 3.05) is 33.2 Å². The number of rotatable bonds is 11. The summed E-state index contributed by atoms with van der Waals surface area (Å²) in [7, 11) is 6.80. The SMILES string of the molecule is CCCCCC(OC(=O)Cc1ccc(N(C)C)cc1)c1cc(OC)c2c(c1OC)C(=O)C=CC2=O. The Bertz CT molecular complexity index is 1120. The molecule has 1 aliphatic carbocycles. The first-order chi connectivity index (χ1) is 16.8. The van der Waals surface area contributed by atoms with Crippen molar-refractivity contribution in [3.05, 3.63) is 64.7 Å². The Morgan fingerprint density at radius 3 is 2.17 bits per heavy atom. The van der Waals surface area contributed by atoms with Gasteiger partial charge in [0.25, 0.3) is 0 Å². The Hall–Kier alpha value is -3.61. The summed E-state index contributed by atoms with van der Waals surface area (Å²) in [5.74, 6) is -0.564. The zero-order chi connectivity index (χ0) is 25.5. The van der Waals surface area contributed by atoms with E-state index >= 15 is 0 Å². The molecule has 7 heteroatoms. The molecule has 0 amide bonds. The summed E-state index contributed by atoms with van der Waals surface area (Å²) in [6.45, 7) is 2.09. The number of methoxy groups -OCH3 is 2. The quantitative estimate of drug-likeness (QED) is 0.327. The van der Waals surface area contributed by atoms with Crippen molar-refractivity contribution in [1.29, 1.82) is 0 Å². The summed E-state index contributed by atoms with van der Waals surface area (Å²) in [6.07, 6.45) is 5.25. The second kappa shape index (κ2) is 11.7. The number of ketones is 2. The van der Waals surface area contributed by atoms with E-state index in [2.05, 4.69) is 6.92 Å². The van der Waals surface area contributed by atoms with Crippen molar-refractivity contribution in [2.24, 2.45) is 0 Å². The molecule has 3 rings (SSSR count). The summed E-state index contributed by atoms with van der Waals surface area (Å²) >= 11 is 0. The van der Waals surface area contributed by atoms with Gasteiger partial charge in [0.15, 0.2) is 11.6 Å². The number of nitrogens with zero attached hydrogens (tertiary/aromatic N) is 1. The van der Waals surface area contributed by atoms with E-state index in [0.29, 0.717) is 12.0 Å². The predicted octanol–water partition coefficient (Wildman–Crippen LogP) is 5.11. The summed E-state index contributed by atoms with van der Waals surface area (Å²) in [5.41, 5.74) is 2.71. The molecule has 0 saturated heterocycles. The van der Waals surface area contributed by atoms with E-state index in [4.69, 9.17) is 14.2 Å². The number of fused-ring (bicyclic) bond motifs is 1. The van der Waals surface area contributed by atoms with Crippen LogP contribution in [-0.2, 0) is 16.0 Å². The molecule has 2 aromatic carbocycles. The molecule has 0 heterocycles. The zero-order valence-corrected chi connectivity index (χ0v) is 21.1. The maximum atomic E-state index is 13.0. The van der Waals surface area contributed by atoms with Gasteiger partial charge < -0.3 is 19.1 Å². The molecule has 0 saturated carbocycles. The summed E-state index contributed by atoms with van der Waals surface area (Å²) in [4.78, 5) is 40.3. The molecule has 186 valence electrons. The van der Waals surface area contributed by atoms with Gasteiger partial charge in [-0.05, 0) is 48.8 Å².